The summed E-state index contributed by atoms with van der Waals surface area (Å²) in [4.78, 5) is 18.4. The second-order valence-electron chi connectivity index (χ2n) is 6.44. The first-order chi connectivity index (χ1) is 15.0. The van der Waals surface area contributed by atoms with E-state index in [2.05, 4.69) is 6.07 Å². The number of nitrogens with zero attached hydrogens (tertiary/aromatic N) is 4. The van der Waals surface area contributed by atoms with Crippen LogP contribution < -0.4 is 10.3 Å². The third-order valence-corrected chi connectivity index (χ3v) is 7.15. The van der Waals surface area contributed by atoms with E-state index in [1.807, 2.05) is 31.2 Å². The molecule has 0 saturated carbocycles. The van der Waals surface area contributed by atoms with Crippen LogP contribution in [-0.4, -0.2) is 27.0 Å². The number of aryl methyl sites for hydroxylation is 1. The van der Waals surface area contributed by atoms with Gasteiger partial charge in [-0.05, 0) is 55.0 Å². The van der Waals surface area contributed by atoms with Crippen molar-refractivity contribution in [1.82, 2.24) is 14.1 Å². The van der Waals surface area contributed by atoms with Crippen LogP contribution in [0.3, 0.4) is 0 Å². The lowest BCUT2D eigenvalue weighted by Crippen LogP contribution is -2.22. The molecule has 10 heteroatoms. The van der Waals surface area contributed by atoms with Crippen LogP contribution in [0.5, 0.6) is 5.75 Å². The van der Waals surface area contributed by atoms with Crippen molar-refractivity contribution >= 4 is 57.3 Å². The highest BCUT2D eigenvalue weighted by atomic mass is 35.5. The second-order valence-corrected chi connectivity index (χ2v) is 9.44. The molecule has 0 saturated heterocycles. The first-order valence-electron chi connectivity index (χ1n) is 9.04. The number of hydrogen-bond acceptors (Lipinski definition) is 7. The lowest BCUT2D eigenvalue weighted by molar-refractivity contribution is 0.411. The Kier molecular flexibility index (Phi) is 6.16. The summed E-state index contributed by atoms with van der Waals surface area (Å²) >= 11 is 14.1. The molecule has 4 rings (SSSR count). The Morgan fingerprint density at radius 2 is 2.06 bits per heavy atom. The zero-order valence-corrected chi connectivity index (χ0v) is 19.7. The highest BCUT2D eigenvalue weighted by Crippen LogP contribution is 2.30. The van der Waals surface area contributed by atoms with Crippen molar-refractivity contribution in [2.45, 2.75) is 12.1 Å². The molecule has 31 heavy (non-hydrogen) atoms. The molecule has 0 aliphatic carbocycles. The summed E-state index contributed by atoms with van der Waals surface area (Å²) in [6, 6.07) is 14.8. The summed E-state index contributed by atoms with van der Waals surface area (Å²) < 4.78 is 9.61. The number of rotatable bonds is 5. The molecular formula is C21H15ClN4O2S3. The minimum atomic E-state index is -0.268. The number of methoxy groups -OCH3 is 1. The van der Waals surface area contributed by atoms with Gasteiger partial charge in [-0.15, -0.1) is 0 Å². The molecule has 6 nitrogen and oxygen atoms in total. The summed E-state index contributed by atoms with van der Waals surface area (Å²) in [5.74, 6) is 0.666. The van der Waals surface area contributed by atoms with Crippen LogP contribution in [0.25, 0.3) is 21.7 Å². The zero-order chi connectivity index (χ0) is 22.1. The van der Waals surface area contributed by atoms with E-state index in [1.165, 1.54) is 27.7 Å². The van der Waals surface area contributed by atoms with Crippen LogP contribution in [0.2, 0.25) is 5.02 Å². The molecule has 4 aromatic rings. The third kappa shape index (κ3) is 3.88. The van der Waals surface area contributed by atoms with E-state index in [9.17, 15) is 4.79 Å². The van der Waals surface area contributed by atoms with Gasteiger partial charge in [-0.1, -0.05) is 46.8 Å². The molecule has 0 radical (unpaired) electrons. The van der Waals surface area contributed by atoms with Crippen molar-refractivity contribution in [2.24, 2.45) is 0 Å². The van der Waals surface area contributed by atoms with Gasteiger partial charge in [0.15, 0.2) is 14.8 Å². The second kappa shape index (κ2) is 8.85. The van der Waals surface area contributed by atoms with Crippen molar-refractivity contribution in [2.75, 3.05) is 12.9 Å². The highest BCUT2D eigenvalue weighted by molar-refractivity contribution is 7.99. The molecule has 0 fully saturated rings. The van der Waals surface area contributed by atoms with Gasteiger partial charge in [-0.25, -0.2) is 4.98 Å². The van der Waals surface area contributed by atoms with Crippen molar-refractivity contribution < 1.29 is 4.74 Å². The molecule has 2 heterocycles. The highest BCUT2D eigenvalue weighted by Gasteiger charge is 2.20. The summed E-state index contributed by atoms with van der Waals surface area (Å²) in [7, 11) is 1.54. The van der Waals surface area contributed by atoms with Crippen molar-refractivity contribution in [3.05, 3.63) is 67.4 Å². The molecule has 0 unspecified atom stereocenters. The van der Waals surface area contributed by atoms with Crippen LogP contribution in [0, 0.1) is 22.2 Å². The number of para-hydroxylation sites is 2. The monoisotopic (exact) mass is 486 g/mol. The Labute approximate surface area is 196 Å². The van der Waals surface area contributed by atoms with Crippen molar-refractivity contribution in [1.29, 1.82) is 5.26 Å². The Bertz CT molecular complexity index is 1470. The van der Waals surface area contributed by atoms with Gasteiger partial charge in [0, 0.05) is 10.7 Å². The first kappa shape index (κ1) is 21.6. The van der Waals surface area contributed by atoms with Gasteiger partial charge in [0.2, 0.25) is 0 Å². The number of thioether (sulfide) groups is 1. The molecule has 0 amide bonds. The van der Waals surface area contributed by atoms with Crippen LogP contribution >= 0.6 is 46.9 Å². The molecule has 2 aromatic heterocycles. The van der Waals surface area contributed by atoms with E-state index in [0.717, 1.165) is 11.3 Å². The SMILES string of the molecule is COc1ccccc1-n1c(SCC#N)nc2c(sc(=S)n2-c2ccc(Cl)c(C)c2)c1=O. The predicted molar refractivity (Wildman–Crippen MR) is 128 cm³/mol. The maximum atomic E-state index is 13.6. The lowest BCUT2D eigenvalue weighted by Gasteiger charge is -2.14. The Morgan fingerprint density at radius 3 is 2.77 bits per heavy atom. The van der Waals surface area contributed by atoms with Crippen molar-refractivity contribution in [3.8, 4) is 23.2 Å². The summed E-state index contributed by atoms with van der Waals surface area (Å²) in [6.45, 7) is 1.90. The predicted octanol–water partition coefficient (Wildman–Crippen LogP) is 5.55. The number of nitriles is 1. The summed E-state index contributed by atoms with van der Waals surface area (Å²) in [5.41, 5.74) is 2.40. The van der Waals surface area contributed by atoms with Gasteiger partial charge >= 0.3 is 0 Å². The van der Waals surface area contributed by atoms with E-state index < -0.39 is 0 Å². The Balaban J connectivity index is 2.07. The van der Waals surface area contributed by atoms with Gasteiger partial charge in [-0.2, -0.15) is 5.26 Å². The molecule has 0 N–H and O–H groups in total. The quantitative estimate of drug-likeness (QED) is 0.209. The van der Waals surface area contributed by atoms with E-state index in [4.69, 9.17) is 38.8 Å². The normalized spacial score (nSPS) is 10.9. The number of aromatic nitrogens is 3. The van der Waals surface area contributed by atoms with E-state index in [1.54, 1.807) is 29.9 Å². The summed E-state index contributed by atoms with van der Waals surface area (Å²) in [5, 5.41) is 10.2. The van der Waals surface area contributed by atoms with E-state index in [0.29, 0.717) is 35.9 Å². The zero-order valence-electron chi connectivity index (χ0n) is 16.5. The molecular weight excluding hydrogens is 472 g/mol. The van der Waals surface area contributed by atoms with Gasteiger partial charge in [0.1, 0.15) is 10.4 Å². The smallest absolute Gasteiger partial charge is 0.278 e. The molecule has 0 atom stereocenters. The summed E-state index contributed by atoms with van der Waals surface area (Å²) in [6.07, 6.45) is 0. The van der Waals surface area contributed by atoms with Crippen LogP contribution in [0.4, 0.5) is 0 Å². The standard InChI is InChI=1S/C21H15ClN4O2S3/c1-12-11-13(7-8-14(12)22)25-18-17(31-21(25)29)19(27)26(20(24-18)30-10-9-23)15-5-3-4-6-16(15)28-2/h3-8,11H,10H2,1-2H3. The largest absolute Gasteiger partial charge is 0.495 e. The number of halogens is 1. The topological polar surface area (TPSA) is 72.8 Å². The Hall–Kier alpha value is -2.64. The lowest BCUT2D eigenvalue weighted by atomic mass is 10.2. The molecule has 2 aromatic carbocycles. The number of fused-ring (bicyclic) bond motifs is 1. The average Bonchev–Trinajstić information content (AvgIpc) is 3.10. The molecule has 0 aliphatic rings. The van der Waals surface area contributed by atoms with E-state index in [-0.39, 0.29) is 11.3 Å². The number of thiazole rings is 1. The average molecular weight is 487 g/mol. The minimum Gasteiger partial charge on any atom is -0.495 e. The fraction of sp³-hybridized carbons (Fsp3) is 0.143. The maximum absolute atomic E-state index is 13.6. The number of hydrogen-bond donors (Lipinski definition) is 0. The van der Waals surface area contributed by atoms with Gasteiger partial charge in [-0.3, -0.25) is 13.9 Å². The minimum absolute atomic E-state index is 0.137. The molecule has 156 valence electrons. The van der Waals surface area contributed by atoms with Crippen LogP contribution in [0.15, 0.2) is 52.4 Å². The van der Waals surface area contributed by atoms with Gasteiger partial charge in [0.05, 0.1) is 24.6 Å². The van der Waals surface area contributed by atoms with Gasteiger partial charge < -0.3 is 4.74 Å². The Morgan fingerprint density at radius 1 is 1.29 bits per heavy atom. The number of ether oxygens (including phenoxy) is 1. The van der Waals surface area contributed by atoms with Crippen LogP contribution in [-0.2, 0) is 0 Å². The maximum Gasteiger partial charge on any atom is 0.278 e. The first-order valence-corrected chi connectivity index (χ1v) is 11.6. The van der Waals surface area contributed by atoms with Gasteiger partial charge in [0.25, 0.3) is 5.56 Å². The molecule has 0 spiro atoms. The van der Waals surface area contributed by atoms with E-state index >= 15 is 0 Å². The van der Waals surface area contributed by atoms with Crippen molar-refractivity contribution in [3.63, 3.8) is 0 Å². The fourth-order valence-electron chi connectivity index (χ4n) is 3.15. The fourth-order valence-corrected chi connectivity index (χ4v) is 5.23. The molecule has 0 bridgehead atoms. The number of benzene rings is 2. The third-order valence-electron chi connectivity index (χ3n) is 4.57. The van der Waals surface area contributed by atoms with Crippen LogP contribution in [0.1, 0.15) is 5.56 Å². The molecule has 0 aliphatic heterocycles.